The van der Waals surface area contributed by atoms with Crippen LogP contribution in [0.25, 0.3) is 0 Å². The maximum absolute atomic E-state index is 13.3. The van der Waals surface area contributed by atoms with Crippen LogP contribution in [0.3, 0.4) is 0 Å². The van der Waals surface area contributed by atoms with E-state index in [-0.39, 0.29) is 11.2 Å². The first-order chi connectivity index (χ1) is 7.98. The van der Waals surface area contributed by atoms with Crippen molar-refractivity contribution < 1.29 is 8.78 Å². The van der Waals surface area contributed by atoms with Crippen molar-refractivity contribution in [3.05, 3.63) is 23.8 Å². The Bertz CT molecular complexity index is 379. The molecule has 96 valence electrons. The number of nitrogens with one attached hydrogen (secondary N) is 1. The van der Waals surface area contributed by atoms with Crippen molar-refractivity contribution in [1.29, 1.82) is 0 Å². The van der Waals surface area contributed by atoms with Gasteiger partial charge in [-0.25, -0.2) is 8.78 Å². The van der Waals surface area contributed by atoms with Crippen LogP contribution >= 0.6 is 0 Å². The molecule has 0 aliphatic heterocycles. The molecule has 4 heteroatoms. The van der Waals surface area contributed by atoms with Gasteiger partial charge in [0, 0.05) is 11.6 Å². The minimum absolute atomic E-state index is 0.0221. The predicted molar refractivity (Wildman–Crippen MR) is 68.0 cm³/mol. The van der Waals surface area contributed by atoms with E-state index in [2.05, 4.69) is 5.32 Å². The normalized spacial score (nSPS) is 11.6. The van der Waals surface area contributed by atoms with Gasteiger partial charge >= 0.3 is 0 Å². The minimum atomic E-state index is -0.718. The van der Waals surface area contributed by atoms with Gasteiger partial charge in [0.15, 0.2) is 5.82 Å². The summed E-state index contributed by atoms with van der Waals surface area (Å²) in [4.78, 5) is 0. The molecule has 3 N–H and O–H groups in total. The Labute approximate surface area is 101 Å². The van der Waals surface area contributed by atoms with Crippen molar-refractivity contribution in [2.45, 2.75) is 45.6 Å². The van der Waals surface area contributed by atoms with Crippen LogP contribution in [0.1, 0.15) is 40.0 Å². The summed E-state index contributed by atoms with van der Waals surface area (Å²) in [5, 5.41) is 3.19. The maximum atomic E-state index is 13.3. The average Bonchev–Trinajstić information content (AvgIpc) is 2.32. The Morgan fingerprint density at radius 3 is 2.12 bits per heavy atom. The fraction of sp³-hybridized carbons (Fsp3) is 0.538. The number of hydrogen-bond donors (Lipinski definition) is 2. The second-order valence-electron chi connectivity index (χ2n) is 4.31. The van der Waals surface area contributed by atoms with Crippen LogP contribution in [0.4, 0.5) is 20.2 Å². The third-order valence-corrected chi connectivity index (χ3v) is 3.52. The summed E-state index contributed by atoms with van der Waals surface area (Å²) < 4.78 is 26.5. The third-order valence-electron chi connectivity index (χ3n) is 3.52. The lowest BCUT2D eigenvalue weighted by atomic mass is 9.89. The van der Waals surface area contributed by atoms with Gasteiger partial charge in [-0.2, -0.15) is 0 Å². The van der Waals surface area contributed by atoms with E-state index in [1.165, 1.54) is 6.07 Å². The van der Waals surface area contributed by atoms with Crippen molar-refractivity contribution in [3.8, 4) is 0 Å². The van der Waals surface area contributed by atoms with Gasteiger partial charge in [0.05, 0.1) is 11.4 Å². The monoisotopic (exact) mass is 242 g/mol. The van der Waals surface area contributed by atoms with E-state index in [9.17, 15) is 8.78 Å². The van der Waals surface area contributed by atoms with E-state index in [1.807, 2.05) is 20.8 Å². The van der Waals surface area contributed by atoms with Crippen LogP contribution in [0.15, 0.2) is 12.1 Å². The van der Waals surface area contributed by atoms with Crippen LogP contribution in [0.5, 0.6) is 0 Å². The highest BCUT2D eigenvalue weighted by atomic mass is 19.1. The number of rotatable bonds is 5. The molecular formula is C13H20F2N2. The van der Waals surface area contributed by atoms with E-state index < -0.39 is 11.6 Å². The molecule has 0 heterocycles. The largest absolute Gasteiger partial charge is 0.395 e. The van der Waals surface area contributed by atoms with E-state index >= 15 is 0 Å². The van der Waals surface area contributed by atoms with Gasteiger partial charge in [-0.05, 0) is 25.3 Å². The lowest BCUT2D eigenvalue weighted by molar-refractivity contribution is 0.420. The second kappa shape index (κ2) is 5.34. The molecule has 0 saturated carbocycles. The molecule has 0 saturated heterocycles. The summed E-state index contributed by atoms with van der Waals surface area (Å²) in [6, 6.07) is 2.04. The third kappa shape index (κ3) is 2.87. The topological polar surface area (TPSA) is 38.0 Å². The van der Waals surface area contributed by atoms with E-state index in [0.717, 1.165) is 25.3 Å². The van der Waals surface area contributed by atoms with Crippen molar-refractivity contribution in [3.63, 3.8) is 0 Å². The van der Waals surface area contributed by atoms with Crippen LogP contribution in [0, 0.1) is 11.6 Å². The summed E-state index contributed by atoms with van der Waals surface area (Å²) in [5.74, 6) is -1.33. The number of halogens is 2. The Kier molecular flexibility index (Phi) is 4.32. The maximum Gasteiger partial charge on any atom is 0.151 e. The molecular weight excluding hydrogens is 222 g/mol. The lowest BCUT2D eigenvalue weighted by Crippen LogP contribution is -2.36. The van der Waals surface area contributed by atoms with Gasteiger partial charge in [-0.3, -0.25) is 0 Å². The van der Waals surface area contributed by atoms with E-state index in [0.29, 0.717) is 5.69 Å². The predicted octanol–water partition coefficient (Wildman–Crippen LogP) is 3.93. The summed E-state index contributed by atoms with van der Waals surface area (Å²) in [6.45, 7) is 6.14. The SMILES string of the molecule is CCC(CC)(CC)Nc1cc(F)cc(F)c1N. The summed E-state index contributed by atoms with van der Waals surface area (Å²) in [5.41, 5.74) is 5.78. The van der Waals surface area contributed by atoms with Gasteiger partial charge in [0.1, 0.15) is 5.82 Å². The first kappa shape index (κ1) is 13.7. The number of hydrogen-bond acceptors (Lipinski definition) is 2. The van der Waals surface area contributed by atoms with Crippen LogP contribution < -0.4 is 11.1 Å². The zero-order valence-electron chi connectivity index (χ0n) is 10.6. The Morgan fingerprint density at radius 2 is 1.65 bits per heavy atom. The molecule has 0 unspecified atom stereocenters. The molecule has 0 aliphatic carbocycles. The molecule has 0 amide bonds. The van der Waals surface area contributed by atoms with E-state index in [4.69, 9.17) is 5.73 Å². The molecule has 17 heavy (non-hydrogen) atoms. The first-order valence-corrected chi connectivity index (χ1v) is 6.00. The minimum Gasteiger partial charge on any atom is -0.395 e. The van der Waals surface area contributed by atoms with Crippen LogP contribution in [-0.2, 0) is 0 Å². The molecule has 0 bridgehead atoms. The standard InChI is InChI=1S/C13H20F2N2/c1-4-13(5-2,6-3)17-11-8-9(14)7-10(15)12(11)16/h7-8,17H,4-6,16H2,1-3H3. The smallest absolute Gasteiger partial charge is 0.151 e. The highest BCUT2D eigenvalue weighted by Crippen LogP contribution is 2.30. The number of nitrogen functional groups attached to an aromatic ring is 1. The lowest BCUT2D eigenvalue weighted by Gasteiger charge is -2.33. The van der Waals surface area contributed by atoms with E-state index in [1.54, 1.807) is 0 Å². The molecule has 2 nitrogen and oxygen atoms in total. The summed E-state index contributed by atoms with van der Waals surface area (Å²) >= 11 is 0. The fourth-order valence-electron chi connectivity index (χ4n) is 1.99. The molecule has 0 spiro atoms. The quantitative estimate of drug-likeness (QED) is 0.768. The molecule has 1 aromatic rings. The second-order valence-corrected chi connectivity index (χ2v) is 4.31. The van der Waals surface area contributed by atoms with Crippen LogP contribution in [0.2, 0.25) is 0 Å². The average molecular weight is 242 g/mol. The fourth-order valence-corrected chi connectivity index (χ4v) is 1.99. The zero-order chi connectivity index (χ0) is 13.1. The molecule has 1 rings (SSSR count). The van der Waals surface area contributed by atoms with Crippen LogP contribution in [-0.4, -0.2) is 5.54 Å². The Balaban J connectivity index is 3.09. The van der Waals surface area contributed by atoms with Crippen molar-refractivity contribution in [2.24, 2.45) is 0 Å². The van der Waals surface area contributed by atoms with Gasteiger partial charge in [-0.15, -0.1) is 0 Å². The molecule has 0 radical (unpaired) electrons. The molecule has 0 fully saturated rings. The molecule has 0 aromatic heterocycles. The van der Waals surface area contributed by atoms with Crippen molar-refractivity contribution >= 4 is 11.4 Å². The van der Waals surface area contributed by atoms with Gasteiger partial charge in [0.25, 0.3) is 0 Å². The molecule has 1 aromatic carbocycles. The van der Waals surface area contributed by atoms with Crippen molar-refractivity contribution in [2.75, 3.05) is 11.1 Å². The number of nitrogens with two attached hydrogens (primary N) is 1. The highest BCUT2D eigenvalue weighted by molar-refractivity contribution is 5.67. The van der Waals surface area contributed by atoms with Crippen molar-refractivity contribution in [1.82, 2.24) is 0 Å². The Morgan fingerprint density at radius 1 is 1.12 bits per heavy atom. The van der Waals surface area contributed by atoms with Gasteiger partial charge in [-0.1, -0.05) is 20.8 Å². The number of benzene rings is 1. The molecule has 0 aliphatic rings. The first-order valence-electron chi connectivity index (χ1n) is 6.00. The number of anilines is 2. The van der Waals surface area contributed by atoms with Gasteiger partial charge in [0.2, 0.25) is 0 Å². The highest BCUT2D eigenvalue weighted by Gasteiger charge is 2.24. The van der Waals surface area contributed by atoms with Gasteiger partial charge < -0.3 is 11.1 Å². The molecule has 0 atom stereocenters. The zero-order valence-corrected chi connectivity index (χ0v) is 10.6. The Hall–Kier alpha value is -1.32. The summed E-state index contributed by atoms with van der Waals surface area (Å²) in [7, 11) is 0. The summed E-state index contributed by atoms with van der Waals surface area (Å²) in [6.07, 6.45) is 2.62.